The number of nitrogens with zero attached hydrogens (tertiary/aromatic N) is 2. The zero-order valence-electron chi connectivity index (χ0n) is 28.2. The molecule has 12 nitrogen and oxygen atoms in total. The average molecular weight is 678 g/mol. The molecule has 1 saturated heterocycles. The fourth-order valence-electron chi connectivity index (χ4n) is 7.68. The summed E-state index contributed by atoms with van der Waals surface area (Å²) in [6, 6.07) is 6.88. The minimum atomic E-state index is -3.82. The lowest BCUT2D eigenvalue weighted by Crippen LogP contribution is -2.65. The standard InChI is InChI=1S/C32H52BN5O7S.CH4/c1-7-8-10-22-12-14-25(15-13-22)46(42,43)20-23(11-9-16-35-30(34)37-38(40)41)29(39)36-28(17-21(2)3)33-44-27-19-24-18-26(31(24,4)5)32(27,6)45-33;/h12-15,21,23-24,26-28H,7-11,16-20H2,1-6H3,(H,36,39)(H3,34,35,37);1H4/t23-,24+,26+,27-,28+,32+;/m1./s1. The molecule has 1 amide bonds. The van der Waals surface area contributed by atoms with Crippen LogP contribution in [0.4, 0.5) is 0 Å². The topological polar surface area (TPSA) is 175 Å². The van der Waals surface area contributed by atoms with Gasteiger partial charge in [0.05, 0.1) is 34.2 Å². The maximum absolute atomic E-state index is 14.0. The van der Waals surface area contributed by atoms with Crippen molar-refractivity contribution >= 4 is 28.8 Å². The van der Waals surface area contributed by atoms with Crippen LogP contribution in [0.3, 0.4) is 0 Å². The Morgan fingerprint density at radius 3 is 2.47 bits per heavy atom. The fourth-order valence-corrected chi connectivity index (χ4v) is 9.27. The summed E-state index contributed by atoms with van der Waals surface area (Å²) in [5.74, 6) is -1.33. The number of guanidine groups is 1. The summed E-state index contributed by atoms with van der Waals surface area (Å²) >= 11 is 0. The van der Waals surface area contributed by atoms with Gasteiger partial charge in [0, 0.05) is 6.54 Å². The molecule has 5 rings (SSSR count). The van der Waals surface area contributed by atoms with Crippen molar-refractivity contribution in [2.75, 3.05) is 12.3 Å². The Bertz CT molecular complexity index is 1370. The number of benzene rings is 1. The van der Waals surface area contributed by atoms with Gasteiger partial charge in [0.15, 0.2) is 14.9 Å². The molecule has 1 heterocycles. The lowest BCUT2D eigenvalue weighted by atomic mass is 9.43. The van der Waals surface area contributed by atoms with Crippen LogP contribution in [0, 0.1) is 39.2 Å². The molecular formula is C33H56BN5O7S. The number of nitro groups is 1. The van der Waals surface area contributed by atoms with Crippen LogP contribution in [0.15, 0.2) is 34.2 Å². The number of unbranched alkanes of at least 4 members (excludes halogenated alkanes) is 1. The lowest BCUT2D eigenvalue weighted by molar-refractivity contribution is -0.525. The summed E-state index contributed by atoms with van der Waals surface area (Å²) in [6.07, 6.45) is 6.01. The van der Waals surface area contributed by atoms with Crippen molar-refractivity contribution in [1.82, 2.24) is 10.7 Å². The zero-order valence-corrected chi connectivity index (χ0v) is 29.0. The smallest absolute Gasteiger partial charge is 0.404 e. The molecular weight excluding hydrogens is 621 g/mol. The third-order valence-corrected chi connectivity index (χ3v) is 12.3. The van der Waals surface area contributed by atoms with E-state index in [0.717, 1.165) is 37.7 Å². The zero-order chi connectivity index (χ0) is 33.9. The normalized spacial score (nSPS) is 26.1. The Kier molecular flexibility index (Phi) is 12.9. The number of hydrogen-bond donors (Lipinski definition) is 3. The molecule has 3 aliphatic carbocycles. The highest BCUT2D eigenvalue weighted by molar-refractivity contribution is 7.91. The quantitative estimate of drug-likeness (QED) is 0.0558. The van der Waals surface area contributed by atoms with Crippen LogP contribution in [0.1, 0.15) is 99.5 Å². The summed E-state index contributed by atoms with van der Waals surface area (Å²) in [5.41, 5.74) is 8.13. The van der Waals surface area contributed by atoms with Crippen LogP contribution in [-0.2, 0) is 30.4 Å². The van der Waals surface area contributed by atoms with Gasteiger partial charge < -0.3 is 20.4 Å². The number of rotatable bonds is 16. The van der Waals surface area contributed by atoms with E-state index in [-0.39, 0.29) is 48.7 Å². The molecule has 2 bridgehead atoms. The highest BCUT2D eigenvalue weighted by Gasteiger charge is 2.68. The van der Waals surface area contributed by atoms with Gasteiger partial charge in [0.25, 0.3) is 5.96 Å². The molecule has 14 heteroatoms. The second-order valence-corrected chi connectivity index (χ2v) is 16.6. The molecule has 1 aliphatic heterocycles. The SMILES string of the molecule is C.CCCCc1ccc(S(=O)(=O)C[C@@H](CCCN=C(N)N[N+](=O)[O-])C(=O)N[C@@H](CC(C)C)B2O[C@@H]3C[C@@H]4C[C@@H](C4(C)C)[C@]3(C)O2)cc1. The van der Waals surface area contributed by atoms with Crippen LogP contribution >= 0.6 is 0 Å². The third-order valence-electron chi connectivity index (χ3n) is 10.4. The predicted molar refractivity (Wildman–Crippen MR) is 185 cm³/mol. The van der Waals surface area contributed by atoms with E-state index < -0.39 is 51.1 Å². The number of hydrogen-bond acceptors (Lipinski definition) is 8. The highest BCUT2D eigenvalue weighted by atomic mass is 32.2. The molecule has 0 spiro atoms. The van der Waals surface area contributed by atoms with Gasteiger partial charge in [-0.05, 0) is 92.7 Å². The number of nitrogens with two attached hydrogens (primary N) is 1. The number of sulfone groups is 1. The van der Waals surface area contributed by atoms with E-state index >= 15 is 0 Å². The van der Waals surface area contributed by atoms with Crippen molar-refractivity contribution in [3.63, 3.8) is 0 Å². The maximum Gasteiger partial charge on any atom is 0.481 e. The average Bonchev–Trinajstić information content (AvgIpc) is 3.34. The van der Waals surface area contributed by atoms with Crippen LogP contribution < -0.4 is 16.5 Å². The van der Waals surface area contributed by atoms with Crippen molar-refractivity contribution in [2.24, 2.45) is 39.8 Å². The molecule has 0 unspecified atom stereocenters. The number of aryl methyl sites for hydroxylation is 1. The number of hydrazine groups is 1. The van der Waals surface area contributed by atoms with Crippen LogP contribution in [0.25, 0.3) is 0 Å². The minimum Gasteiger partial charge on any atom is -0.404 e. The fraction of sp³-hybridized carbons (Fsp3) is 0.758. The van der Waals surface area contributed by atoms with E-state index in [0.29, 0.717) is 24.7 Å². The molecule has 4 fully saturated rings. The van der Waals surface area contributed by atoms with Crippen molar-refractivity contribution in [3.8, 4) is 0 Å². The number of aliphatic imine (C=N–C) groups is 1. The largest absolute Gasteiger partial charge is 0.481 e. The van der Waals surface area contributed by atoms with Crippen molar-refractivity contribution in [2.45, 2.75) is 123 Å². The molecule has 0 radical (unpaired) electrons. The number of nitrogens with one attached hydrogen (secondary N) is 2. The van der Waals surface area contributed by atoms with Gasteiger partial charge >= 0.3 is 7.12 Å². The van der Waals surface area contributed by atoms with Gasteiger partial charge in [-0.1, -0.05) is 66.0 Å². The first-order chi connectivity index (χ1) is 21.6. The summed E-state index contributed by atoms with van der Waals surface area (Å²) < 4.78 is 40.4. The van der Waals surface area contributed by atoms with E-state index in [1.807, 2.05) is 12.1 Å². The van der Waals surface area contributed by atoms with Gasteiger partial charge in [0.1, 0.15) is 0 Å². The highest BCUT2D eigenvalue weighted by Crippen LogP contribution is 2.65. The molecule has 6 atom stereocenters. The number of amides is 1. The Morgan fingerprint density at radius 1 is 1.19 bits per heavy atom. The van der Waals surface area contributed by atoms with E-state index in [1.165, 1.54) is 0 Å². The van der Waals surface area contributed by atoms with Crippen molar-refractivity contribution in [1.29, 1.82) is 0 Å². The second kappa shape index (κ2) is 15.7. The minimum absolute atomic E-state index is 0. The van der Waals surface area contributed by atoms with E-state index in [2.05, 4.69) is 51.9 Å². The van der Waals surface area contributed by atoms with Gasteiger partial charge in [0.2, 0.25) is 5.91 Å². The molecule has 1 aromatic carbocycles. The second-order valence-electron chi connectivity index (χ2n) is 14.6. The van der Waals surface area contributed by atoms with Crippen molar-refractivity contribution < 1.29 is 27.6 Å². The third kappa shape index (κ3) is 9.06. The Labute approximate surface area is 281 Å². The molecule has 47 heavy (non-hydrogen) atoms. The monoisotopic (exact) mass is 677 g/mol. The van der Waals surface area contributed by atoms with Gasteiger partial charge in [-0.2, -0.15) is 0 Å². The first-order valence-corrected chi connectivity index (χ1v) is 18.4. The van der Waals surface area contributed by atoms with Gasteiger partial charge in [-0.15, -0.1) is 0 Å². The number of carbonyl (C=O) groups is 1. The first kappa shape index (κ1) is 38.7. The Hall–Kier alpha value is -2.71. The summed E-state index contributed by atoms with van der Waals surface area (Å²) in [7, 11) is -4.45. The van der Waals surface area contributed by atoms with Crippen LogP contribution in [0.5, 0.6) is 0 Å². The molecule has 4 N–H and O–H groups in total. The molecule has 0 aromatic heterocycles. The van der Waals surface area contributed by atoms with E-state index in [4.69, 9.17) is 15.0 Å². The summed E-state index contributed by atoms with van der Waals surface area (Å²) in [4.78, 5) is 28.7. The molecule has 1 aromatic rings. The predicted octanol–water partition coefficient (Wildman–Crippen LogP) is 4.73. The Balaban J connectivity index is 0.00000600. The summed E-state index contributed by atoms with van der Waals surface area (Å²) in [6.45, 7) is 13.1. The van der Waals surface area contributed by atoms with Crippen LogP contribution in [0.2, 0.25) is 0 Å². The molecule has 264 valence electrons. The molecule has 4 aliphatic rings. The maximum atomic E-state index is 14.0. The molecule has 3 saturated carbocycles. The van der Waals surface area contributed by atoms with Gasteiger partial charge in [-0.3, -0.25) is 4.79 Å². The van der Waals surface area contributed by atoms with E-state index in [9.17, 15) is 23.3 Å². The Morgan fingerprint density at radius 2 is 1.87 bits per heavy atom. The van der Waals surface area contributed by atoms with E-state index in [1.54, 1.807) is 17.6 Å². The lowest BCUT2D eigenvalue weighted by Gasteiger charge is -2.64. The van der Waals surface area contributed by atoms with Crippen molar-refractivity contribution in [3.05, 3.63) is 39.9 Å². The summed E-state index contributed by atoms with van der Waals surface area (Å²) in [5, 5.41) is 13.0. The van der Waals surface area contributed by atoms with Gasteiger partial charge in [-0.25, -0.2) is 23.5 Å². The first-order valence-electron chi connectivity index (χ1n) is 16.7. The van der Waals surface area contributed by atoms with Crippen LogP contribution in [-0.4, -0.2) is 62.4 Å². The number of carbonyl (C=O) groups excluding carboxylic acids is 1.